The third-order valence-electron chi connectivity index (χ3n) is 2.47. The lowest BCUT2D eigenvalue weighted by molar-refractivity contribution is 0.178. The lowest BCUT2D eigenvalue weighted by Crippen LogP contribution is -2.23. The Kier molecular flexibility index (Phi) is 6.38. The van der Waals surface area contributed by atoms with E-state index in [0.717, 1.165) is 18.8 Å². The molecule has 1 aromatic rings. The van der Waals surface area contributed by atoms with Crippen molar-refractivity contribution in [3.8, 4) is 0 Å². The molecule has 0 fully saturated rings. The number of nitrogens with zero attached hydrogens (tertiary/aromatic N) is 2. The largest absolute Gasteiger partial charge is 0.394 e. The van der Waals surface area contributed by atoms with Crippen molar-refractivity contribution in [2.75, 3.05) is 30.9 Å². The summed E-state index contributed by atoms with van der Waals surface area (Å²) in [6.07, 6.45) is 0.830. The molecule has 3 N–H and O–H groups in total. The zero-order chi connectivity index (χ0) is 13.4. The summed E-state index contributed by atoms with van der Waals surface area (Å²) < 4.78 is 5.04. The molecule has 0 aromatic carbocycles. The van der Waals surface area contributed by atoms with Crippen LogP contribution < -0.4 is 10.6 Å². The van der Waals surface area contributed by atoms with Crippen LogP contribution in [0.15, 0.2) is 6.07 Å². The highest BCUT2D eigenvalue weighted by molar-refractivity contribution is 5.48. The van der Waals surface area contributed by atoms with E-state index < -0.39 is 0 Å². The highest BCUT2D eigenvalue weighted by Crippen LogP contribution is 2.13. The van der Waals surface area contributed by atoms with Crippen LogP contribution in [0.5, 0.6) is 0 Å². The molecule has 1 heterocycles. The van der Waals surface area contributed by atoms with Gasteiger partial charge in [-0.25, -0.2) is 9.97 Å². The Balaban J connectivity index is 2.87. The maximum Gasteiger partial charge on any atom is 0.158 e. The summed E-state index contributed by atoms with van der Waals surface area (Å²) in [5.41, 5.74) is 0. The first-order valence-corrected chi connectivity index (χ1v) is 6.21. The van der Waals surface area contributed by atoms with Gasteiger partial charge in [0.15, 0.2) is 5.82 Å². The van der Waals surface area contributed by atoms with Gasteiger partial charge < -0.3 is 20.5 Å². The van der Waals surface area contributed by atoms with Gasteiger partial charge in [0.1, 0.15) is 18.2 Å². The summed E-state index contributed by atoms with van der Waals surface area (Å²) in [6, 6.07) is 1.84. The molecular formula is C12H22N4O2. The zero-order valence-corrected chi connectivity index (χ0v) is 11.2. The summed E-state index contributed by atoms with van der Waals surface area (Å²) in [6.45, 7) is 5.25. The Bertz CT molecular complexity index is 332. The fourth-order valence-corrected chi connectivity index (χ4v) is 1.52. The number of aromatic nitrogens is 2. The van der Waals surface area contributed by atoms with Crippen molar-refractivity contribution < 1.29 is 9.84 Å². The van der Waals surface area contributed by atoms with Crippen molar-refractivity contribution >= 4 is 11.6 Å². The highest BCUT2D eigenvalue weighted by atomic mass is 16.5. The fraction of sp³-hybridized carbons (Fsp3) is 0.667. The Morgan fingerprint density at radius 1 is 1.33 bits per heavy atom. The summed E-state index contributed by atoms with van der Waals surface area (Å²) in [7, 11) is 1.61. The Labute approximate surface area is 108 Å². The van der Waals surface area contributed by atoms with Crippen molar-refractivity contribution in [2.45, 2.75) is 32.9 Å². The van der Waals surface area contributed by atoms with Crippen molar-refractivity contribution in [2.24, 2.45) is 0 Å². The van der Waals surface area contributed by atoms with Crippen LogP contribution in [-0.4, -0.2) is 41.4 Å². The predicted octanol–water partition coefficient (Wildman–Crippen LogP) is 1.24. The van der Waals surface area contributed by atoms with E-state index in [4.69, 9.17) is 4.74 Å². The third kappa shape index (κ3) is 4.46. The molecule has 0 amide bonds. The van der Waals surface area contributed by atoms with E-state index in [2.05, 4.69) is 20.6 Å². The number of methoxy groups -OCH3 is 1. The van der Waals surface area contributed by atoms with Gasteiger partial charge in [-0.2, -0.15) is 0 Å². The maximum absolute atomic E-state index is 9.19. The summed E-state index contributed by atoms with van der Waals surface area (Å²) in [5, 5.41) is 15.5. The zero-order valence-electron chi connectivity index (χ0n) is 11.2. The summed E-state index contributed by atoms with van der Waals surface area (Å²) in [5.74, 6) is 2.08. The molecule has 1 aromatic heterocycles. The first-order chi connectivity index (χ1) is 8.73. The van der Waals surface area contributed by atoms with Crippen LogP contribution in [0.2, 0.25) is 0 Å². The lowest BCUT2D eigenvalue weighted by Gasteiger charge is -2.16. The van der Waals surface area contributed by atoms with Crippen molar-refractivity contribution in [1.82, 2.24) is 9.97 Å². The van der Waals surface area contributed by atoms with Gasteiger partial charge in [-0.05, 0) is 13.3 Å². The minimum Gasteiger partial charge on any atom is -0.394 e. The first-order valence-electron chi connectivity index (χ1n) is 6.21. The first kappa shape index (κ1) is 14.7. The van der Waals surface area contributed by atoms with Crippen LogP contribution in [0, 0.1) is 0 Å². The number of aliphatic hydroxyl groups excluding tert-OH is 1. The van der Waals surface area contributed by atoms with E-state index >= 15 is 0 Å². The maximum atomic E-state index is 9.19. The molecule has 6 nitrogen and oxygen atoms in total. The van der Waals surface area contributed by atoms with Crippen LogP contribution in [0.3, 0.4) is 0 Å². The summed E-state index contributed by atoms with van der Waals surface area (Å²) >= 11 is 0. The topological polar surface area (TPSA) is 79.3 Å². The molecule has 0 aliphatic heterocycles. The second-order valence-electron chi connectivity index (χ2n) is 3.95. The van der Waals surface area contributed by atoms with E-state index in [9.17, 15) is 5.11 Å². The number of rotatable bonds is 8. The Morgan fingerprint density at radius 3 is 2.61 bits per heavy atom. The summed E-state index contributed by atoms with van der Waals surface area (Å²) in [4.78, 5) is 8.66. The number of anilines is 2. The average molecular weight is 254 g/mol. The van der Waals surface area contributed by atoms with Crippen LogP contribution in [-0.2, 0) is 11.3 Å². The van der Waals surface area contributed by atoms with Crippen molar-refractivity contribution in [3.63, 3.8) is 0 Å². The Hall–Kier alpha value is -1.40. The molecule has 102 valence electrons. The smallest absolute Gasteiger partial charge is 0.158 e. The van der Waals surface area contributed by atoms with E-state index in [1.807, 2.05) is 19.9 Å². The molecule has 0 spiro atoms. The normalized spacial score (nSPS) is 12.2. The predicted molar refractivity (Wildman–Crippen MR) is 71.7 cm³/mol. The van der Waals surface area contributed by atoms with Gasteiger partial charge in [-0.1, -0.05) is 6.92 Å². The molecule has 0 saturated carbocycles. The second kappa shape index (κ2) is 7.84. The Morgan fingerprint density at radius 2 is 2.06 bits per heavy atom. The van der Waals surface area contributed by atoms with Crippen LogP contribution in [0.1, 0.15) is 26.1 Å². The van der Waals surface area contributed by atoms with Gasteiger partial charge in [0.05, 0.1) is 12.6 Å². The molecule has 1 rings (SSSR count). The van der Waals surface area contributed by atoms with Crippen molar-refractivity contribution in [3.05, 3.63) is 11.9 Å². The van der Waals surface area contributed by atoms with Crippen LogP contribution in [0.25, 0.3) is 0 Å². The quantitative estimate of drug-likeness (QED) is 0.647. The average Bonchev–Trinajstić information content (AvgIpc) is 2.36. The SMILES string of the molecule is CCNc1cc(NC(CC)CO)nc(COC)n1. The van der Waals surface area contributed by atoms with Gasteiger partial charge in [0.2, 0.25) is 0 Å². The number of ether oxygens (including phenoxy) is 1. The molecule has 0 aliphatic rings. The van der Waals surface area contributed by atoms with Gasteiger partial charge in [-0.3, -0.25) is 0 Å². The van der Waals surface area contributed by atoms with E-state index in [0.29, 0.717) is 18.2 Å². The number of hydrogen-bond acceptors (Lipinski definition) is 6. The van der Waals surface area contributed by atoms with E-state index in [1.54, 1.807) is 7.11 Å². The molecule has 0 radical (unpaired) electrons. The molecule has 18 heavy (non-hydrogen) atoms. The number of hydrogen-bond donors (Lipinski definition) is 3. The highest BCUT2D eigenvalue weighted by Gasteiger charge is 2.08. The van der Waals surface area contributed by atoms with E-state index in [1.165, 1.54) is 0 Å². The third-order valence-corrected chi connectivity index (χ3v) is 2.47. The molecule has 1 unspecified atom stereocenters. The fourth-order valence-electron chi connectivity index (χ4n) is 1.52. The molecule has 6 heteroatoms. The monoisotopic (exact) mass is 254 g/mol. The lowest BCUT2D eigenvalue weighted by atomic mass is 10.2. The van der Waals surface area contributed by atoms with Gasteiger partial charge in [0, 0.05) is 19.7 Å². The molecule has 0 saturated heterocycles. The molecule has 1 atom stereocenters. The standard InChI is InChI=1S/C12H22N4O2/c1-4-9(7-17)14-11-6-10(13-5-2)15-12(16-11)8-18-3/h6,9,17H,4-5,7-8H2,1-3H3,(H2,13,14,15,16). The van der Waals surface area contributed by atoms with E-state index in [-0.39, 0.29) is 12.6 Å². The molecule has 0 bridgehead atoms. The molecule has 0 aliphatic carbocycles. The minimum atomic E-state index is 0.00442. The van der Waals surface area contributed by atoms with Crippen molar-refractivity contribution in [1.29, 1.82) is 0 Å². The van der Waals surface area contributed by atoms with Gasteiger partial charge in [0.25, 0.3) is 0 Å². The number of nitrogens with one attached hydrogen (secondary N) is 2. The van der Waals surface area contributed by atoms with Gasteiger partial charge >= 0.3 is 0 Å². The molecular weight excluding hydrogens is 232 g/mol. The van der Waals surface area contributed by atoms with Gasteiger partial charge in [-0.15, -0.1) is 0 Å². The van der Waals surface area contributed by atoms with Crippen LogP contribution >= 0.6 is 0 Å². The minimum absolute atomic E-state index is 0.00442. The second-order valence-corrected chi connectivity index (χ2v) is 3.95. The number of aliphatic hydroxyl groups is 1. The van der Waals surface area contributed by atoms with Crippen LogP contribution in [0.4, 0.5) is 11.6 Å².